The molecule has 2 aromatic carbocycles. The average molecular weight is 368 g/mol. The summed E-state index contributed by atoms with van der Waals surface area (Å²) in [4.78, 5) is 16.7. The number of para-hydroxylation sites is 2. The summed E-state index contributed by atoms with van der Waals surface area (Å²) in [5, 5.41) is 6.64. The van der Waals surface area contributed by atoms with Gasteiger partial charge in [-0.05, 0) is 55.5 Å². The Morgan fingerprint density at radius 2 is 1.88 bits per heavy atom. The summed E-state index contributed by atoms with van der Waals surface area (Å²) in [6.45, 7) is 2.49. The first-order valence-corrected chi connectivity index (χ1v) is 8.55. The van der Waals surface area contributed by atoms with Crippen molar-refractivity contribution in [3.63, 3.8) is 0 Å². The summed E-state index contributed by atoms with van der Waals surface area (Å²) in [6.07, 6.45) is 1.59. The molecule has 0 aliphatic heterocycles. The number of pyridine rings is 1. The molecule has 0 unspecified atom stereocenters. The number of ether oxygens (including phenoxy) is 1. The lowest BCUT2D eigenvalue weighted by Crippen LogP contribution is -2.12. The number of hydrogen-bond acceptors (Lipinski definition) is 4. The van der Waals surface area contributed by atoms with E-state index in [4.69, 9.17) is 16.3 Å². The highest BCUT2D eigenvalue weighted by Crippen LogP contribution is 2.27. The van der Waals surface area contributed by atoms with E-state index in [-0.39, 0.29) is 5.91 Å². The summed E-state index contributed by atoms with van der Waals surface area (Å²) >= 11 is 5.86. The minimum absolute atomic E-state index is 0.226. The van der Waals surface area contributed by atoms with Crippen LogP contribution in [0.3, 0.4) is 0 Å². The second-order valence-corrected chi connectivity index (χ2v) is 5.88. The van der Waals surface area contributed by atoms with E-state index in [1.807, 2.05) is 31.2 Å². The highest BCUT2D eigenvalue weighted by Gasteiger charge is 2.09. The Balaban J connectivity index is 1.76. The van der Waals surface area contributed by atoms with Crippen molar-refractivity contribution in [3.8, 4) is 5.75 Å². The lowest BCUT2D eigenvalue weighted by Gasteiger charge is -2.12. The van der Waals surface area contributed by atoms with E-state index in [9.17, 15) is 4.79 Å². The summed E-state index contributed by atoms with van der Waals surface area (Å²) < 4.78 is 5.60. The summed E-state index contributed by atoms with van der Waals surface area (Å²) in [5.74, 6) is 1.06. The third kappa shape index (κ3) is 4.52. The molecule has 0 atom stereocenters. The van der Waals surface area contributed by atoms with Gasteiger partial charge in [0.15, 0.2) is 0 Å². The van der Waals surface area contributed by atoms with Crippen molar-refractivity contribution >= 4 is 34.7 Å². The number of halogens is 1. The maximum atomic E-state index is 12.4. The lowest BCUT2D eigenvalue weighted by molar-refractivity contribution is 0.102. The van der Waals surface area contributed by atoms with Crippen LogP contribution in [-0.2, 0) is 0 Å². The average Bonchev–Trinajstić information content (AvgIpc) is 2.66. The van der Waals surface area contributed by atoms with E-state index < -0.39 is 0 Å². The van der Waals surface area contributed by atoms with Gasteiger partial charge in [-0.1, -0.05) is 23.7 Å². The molecule has 3 aromatic rings. The zero-order chi connectivity index (χ0) is 18.4. The van der Waals surface area contributed by atoms with Gasteiger partial charge >= 0.3 is 0 Å². The highest BCUT2D eigenvalue weighted by atomic mass is 35.5. The Bertz CT molecular complexity index is 898. The van der Waals surface area contributed by atoms with Crippen molar-refractivity contribution in [2.75, 3.05) is 17.2 Å². The van der Waals surface area contributed by atoms with Crippen molar-refractivity contribution in [3.05, 3.63) is 77.4 Å². The number of hydrogen-bond donors (Lipinski definition) is 2. The molecule has 0 bridgehead atoms. The Kier molecular flexibility index (Phi) is 5.71. The fraction of sp³-hybridized carbons (Fsp3) is 0.100. The van der Waals surface area contributed by atoms with E-state index in [2.05, 4.69) is 15.6 Å². The molecule has 2 N–H and O–H groups in total. The Hall–Kier alpha value is -3.05. The van der Waals surface area contributed by atoms with E-state index in [1.54, 1.807) is 42.6 Å². The van der Waals surface area contributed by atoms with Gasteiger partial charge in [0.2, 0.25) is 0 Å². The maximum Gasteiger partial charge on any atom is 0.255 e. The van der Waals surface area contributed by atoms with Crippen LogP contribution in [0.4, 0.5) is 17.2 Å². The predicted octanol–water partition coefficient (Wildman–Crippen LogP) is 5.13. The van der Waals surface area contributed by atoms with E-state index >= 15 is 0 Å². The molecule has 6 heteroatoms. The van der Waals surface area contributed by atoms with Gasteiger partial charge in [-0.15, -0.1) is 0 Å². The van der Waals surface area contributed by atoms with Gasteiger partial charge in [0.25, 0.3) is 5.91 Å². The van der Waals surface area contributed by atoms with Gasteiger partial charge < -0.3 is 15.4 Å². The summed E-state index contributed by atoms with van der Waals surface area (Å²) in [7, 11) is 0. The quantitative estimate of drug-likeness (QED) is 0.634. The first-order valence-electron chi connectivity index (χ1n) is 8.17. The van der Waals surface area contributed by atoms with Crippen molar-refractivity contribution in [1.82, 2.24) is 4.98 Å². The molecule has 0 radical (unpaired) electrons. The molecule has 0 saturated heterocycles. The molecule has 0 aliphatic rings. The molecule has 1 amide bonds. The summed E-state index contributed by atoms with van der Waals surface area (Å²) in [5.41, 5.74) is 1.95. The van der Waals surface area contributed by atoms with Crippen LogP contribution in [0.25, 0.3) is 0 Å². The smallest absolute Gasteiger partial charge is 0.255 e. The van der Waals surface area contributed by atoms with Crippen molar-refractivity contribution in [1.29, 1.82) is 0 Å². The zero-order valence-electron chi connectivity index (χ0n) is 14.2. The molecule has 1 heterocycles. The van der Waals surface area contributed by atoms with Gasteiger partial charge in [-0.25, -0.2) is 4.98 Å². The minimum Gasteiger partial charge on any atom is -0.492 e. The number of amides is 1. The maximum absolute atomic E-state index is 12.4. The standard InChI is InChI=1S/C20H18ClN3O2/c1-2-26-18-6-4-3-5-17(18)24-19-13-14(11-12-22-19)20(25)23-16-9-7-15(21)8-10-16/h3-13H,2H2,1H3,(H,22,24)(H,23,25). The second-order valence-electron chi connectivity index (χ2n) is 5.44. The molecule has 1 aromatic heterocycles. The molecule has 0 aliphatic carbocycles. The van der Waals surface area contributed by atoms with Crippen LogP contribution in [0.5, 0.6) is 5.75 Å². The number of nitrogens with one attached hydrogen (secondary N) is 2. The predicted molar refractivity (Wildman–Crippen MR) is 105 cm³/mol. The van der Waals surface area contributed by atoms with Crippen molar-refractivity contribution in [2.45, 2.75) is 6.92 Å². The van der Waals surface area contributed by atoms with E-state index in [1.165, 1.54) is 0 Å². The molecule has 0 fully saturated rings. The Morgan fingerprint density at radius 3 is 2.65 bits per heavy atom. The normalized spacial score (nSPS) is 10.2. The minimum atomic E-state index is -0.226. The van der Waals surface area contributed by atoms with Gasteiger partial charge in [-0.2, -0.15) is 0 Å². The number of rotatable bonds is 6. The van der Waals surface area contributed by atoms with Gasteiger partial charge in [0.05, 0.1) is 12.3 Å². The van der Waals surface area contributed by atoms with Crippen LogP contribution >= 0.6 is 11.6 Å². The number of carbonyl (C=O) groups excluding carboxylic acids is 1. The first-order chi connectivity index (χ1) is 12.7. The Labute approximate surface area is 157 Å². The van der Waals surface area contributed by atoms with Gasteiger partial charge in [-0.3, -0.25) is 4.79 Å². The molecule has 0 spiro atoms. The van der Waals surface area contributed by atoms with Crippen molar-refractivity contribution in [2.24, 2.45) is 0 Å². The monoisotopic (exact) mass is 367 g/mol. The van der Waals surface area contributed by atoms with E-state index in [0.29, 0.717) is 28.7 Å². The fourth-order valence-electron chi connectivity index (χ4n) is 2.37. The molecule has 3 rings (SSSR count). The van der Waals surface area contributed by atoms with Crippen LogP contribution in [-0.4, -0.2) is 17.5 Å². The van der Waals surface area contributed by atoms with Crippen LogP contribution in [0, 0.1) is 0 Å². The third-order valence-corrected chi connectivity index (χ3v) is 3.83. The van der Waals surface area contributed by atoms with E-state index in [0.717, 1.165) is 11.4 Å². The number of carbonyl (C=O) groups is 1. The van der Waals surface area contributed by atoms with Crippen LogP contribution in [0.15, 0.2) is 66.9 Å². The molecule has 0 saturated carbocycles. The third-order valence-electron chi connectivity index (χ3n) is 3.57. The highest BCUT2D eigenvalue weighted by molar-refractivity contribution is 6.30. The number of anilines is 3. The lowest BCUT2D eigenvalue weighted by atomic mass is 10.2. The second kappa shape index (κ2) is 8.36. The number of aromatic nitrogens is 1. The molecule has 5 nitrogen and oxygen atoms in total. The largest absolute Gasteiger partial charge is 0.492 e. The Morgan fingerprint density at radius 1 is 1.12 bits per heavy atom. The van der Waals surface area contributed by atoms with Gasteiger partial charge in [0, 0.05) is 22.5 Å². The number of benzene rings is 2. The first kappa shape index (κ1) is 17.8. The summed E-state index contributed by atoms with van der Waals surface area (Å²) in [6, 6.07) is 17.9. The zero-order valence-corrected chi connectivity index (χ0v) is 15.0. The number of nitrogens with zero attached hydrogens (tertiary/aromatic N) is 1. The molecular weight excluding hydrogens is 350 g/mol. The van der Waals surface area contributed by atoms with Crippen LogP contribution in [0.2, 0.25) is 5.02 Å². The molecule has 26 heavy (non-hydrogen) atoms. The van der Waals surface area contributed by atoms with Crippen molar-refractivity contribution < 1.29 is 9.53 Å². The van der Waals surface area contributed by atoms with Gasteiger partial charge in [0.1, 0.15) is 11.6 Å². The topological polar surface area (TPSA) is 63.2 Å². The molecular formula is C20H18ClN3O2. The van der Waals surface area contributed by atoms with Crippen LogP contribution in [0.1, 0.15) is 17.3 Å². The molecule has 132 valence electrons. The van der Waals surface area contributed by atoms with Crippen LogP contribution < -0.4 is 15.4 Å². The SMILES string of the molecule is CCOc1ccccc1Nc1cc(C(=O)Nc2ccc(Cl)cc2)ccn1. The fourth-order valence-corrected chi connectivity index (χ4v) is 2.49.